The molecular formula is C17H26N2O3. The summed E-state index contributed by atoms with van der Waals surface area (Å²) in [6.07, 6.45) is 5.62. The third kappa shape index (κ3) is 5.22. The molecule has 0 aliphatic heterocycles. The van der Waals surface area contributed by atoms with Gasteiger partial charge in [0.05, 0.1) is 7.11 Å². The Bertz CT molecular complexity index is 485. The zero-order valence-corrected chi connectivity index (χ0v) is 13.2. The van der Waals surface area contributed by atoms with Crippen LogP contribution < -0.4 is 15.4 Å². The molecule has 0 unspecified atom stereocenters. The number of phenols is 1. The van der Waals surface area contributed by atoms with Crippen LogP contribution in [0.2, 0.25) is 0 Å². The SMILES string of the molecule is COc1ccc(CNCCNC(=O)CC2CCCC2)cc1O. The summed E-state index contributed by atoms with van der Waals surface area (Å²) >= 11 is 0. The Morgan fingerprint density at radius 1 is 1.32 bits per heavy atom. The number of carbonyl (C=O) groups excluding carboxylic acids is 1. The van der Waals surface area contributed by atoms with Crippen molar-refractivity contribution in [1.29, 1.82) is 0 Å². The third-order valence-corrected chi connectivity index (χ3v) is 4.15. The van der Waals surface area contributed by atoms with Crippen LogP contribution >= 0.6 is 0 Å². The number of benzene rings is 1. The number of phenolic OH excluding ortho intramolecular Hbond substituents is 1. The summed E-state index contributed by atoms with van der Waals surface area (Å²) in [6.45, 7) is 1.99. The molecule has 3 N–H and O–H groups in total. The number of hydrogen-bond acceptors (Lipinski definition) is 4. The highest BCUT2D eigenvalue weighted by Gasteiger charge is 2.17. The molecule has 122 valence electrons. The molecule has 0 radical (unpaired) electrons. The van der Waals surface area contributed by atoms with E-state index in [9.17, 15) is 9.90 Å². The van der Waals surface area contributed by atoms with Crippen molar-refractivity contribution in [2.24, 2.45) is 5.92 Å². The van der Waals surface area contributed by atoms with Crippen LogP contribution in [-0.4, -0.2) is 31.2 Å². The van der Waals surface area contributed by atoms with Crippen molar-refractivity contribution < 1.29 is 14.6 Å². The minimum absolute atomic E-state index is 0.145. The summed E-state index contributed by atoms with van der Waals surface area (Å²) in [6, 6.07) is 5.34. The second kappa shape index (κ2) is 8.63. The number of rotatable bonds is 8. The van der Waals surface area contributed by atoms with Gasteiger partial charge in [-0.3, -0.25) is 4.79 Å². The van der Waals surface area contributed by atoms with E-state index >= 15 is 0 Å². The normalized spacial score (nSPS) is 15.0. The van der Waals surface area contributed by atoms with E-state index in [1.54, 1.807) is 12.1 Å². The van der Waals surface area contributed by atoms with Crippen LogP contribution in [0.15, 0.2) is 18.2 Å². The standard InChI is InChI=1S/C17H26N2O3/c1-22-16-7-6-14(10-15(16)20)12-18-8-9-19-17(21)11-13-4-2-3-5-13/h6-7,10,13,18,20H,2-5,8-9,11-12H2,1H3,(H,19,21). The number of aromatic hydroxyl groups is 1. The van der Waals surface area contributed by atoms with Crippen LogP contribution in [-0.2, 0) is 11.3 Å². The minimum atomic E-state index is 0.145. The Morgan fingerprint density at radius 2 is 2.09 bits per heavy atom. The Hall–Kier alpha value is -1.75. The molecule has 1 fully saturated rings. The lowest BCUT2D eigenvalue weighted by Crippen LogP contribution is -2.32. The number of nitrogens with one attached hydrogen (secondary N) is 2. The van der Waals surface area contributed by atoms with Crippen molar-refractivity contribution in [3.8, 4) is 11.5 Å². The predicted octanol–water partition coefficient (Wildman–Crippen LogP) is 2.19. The zero-order chi connectivity index (χ0) is 15.8. The third-order valence-electron chi connectivity index (χ3n) is 4.15. The van der Waals surface area contributed by atoms with Crippen LogP contribution in [0.1, 0.15) is 37.7 Å². The second-order valence-electron chi connectivity index (χ2n) is 5.89. The summed E-state index contributed by atoms with van der Waals surface area (Å²) in [5.74, 6) is 1.38. The average molecular weight is 306 g/mol. The highest BCUT2D eigenvalue weighted by molar-refractivity contribution is 5.76. The van der Waals surface area contributed by atoms with E-state index in [0.29, 0.717) is 37.7 Å². The molecule has 0 saturated heterocycles. The van der Waals surface area contributed by atoms with Gasteiger partial charge in [0.25, 0.3) is 0 Å². The van der Waals surface area contributed by atoms with Crippen molar-refractivity contribution in [3.63, 3.8) is 0 Å². The quantitative estimate of drug-likeness (QED) is 0.644. The molecule has 1 aliphatic rings. The van der Waals surface area contributed by atoms with Gasteiger partial charge in [-0.25, -0.2) is 0 Å². The molecule has 0 aromatic heterocycles. The largest absolute Gasteiger partial charge is 0.504 e. The van der Waals surface area contributed by atoms with Crippen molar-refractivity contribution in [2.75, 3.05) is 20.2 Å². The lowest BCUT2D eigenvalue weighted by Gasteiger charge is -2.10. The van der Waals surface area contributed by atoms with Crippen LogP contribution in [0.25, 0.3) is 0 Å². The van der Waals surface area contributed by atoms with Crippen molar-refractivity contribution in [1.82, 2.24) is 10.6 Å². The van der Waals surface area contributed by atoms with Gasteiger partial charge in [0, 0.05) is 26.1 Å². The van der Waals surface area contributed by atoms with Gasteiger partial charge in [0.1, 0.15) is 0 Å². The van der Waals surface area contributed by atoms with Gasteiger partial charge in [-0.05, 0) is 36.5 Å². The zero-order valence-electron chi connectivity index (χ0n) is 13.2. The van der Waals surface area contributed by atoms with E-state index in [2.05, 4.69) is 10.6 Å². The van der Waals surface area contributed by atoms with Crippen LogP contribution in [0.4, 0.5) is 0 Å². The summed E-state index contributed by atoms with van der Waals surface area (Å²) in [7, 11) is 1.53. The maximum absolute atomic E-state index is 11.8. The molecule has 1 aromatic rings. The topological polar surface area (TPSA) is 70.6 Å². The number of hydrogen-bond donors (Lipinski definition) is 3. The van der Waals surface area contributed by atoms with E-state index in [1.807, 2.05) is 6.07 Å². The summed E-state index contributed by atoms with van der Waals surface area (Å²) in [4.78, 5) is 11.8. The fraction of sp³-hybridized carbons (Fsp3) is 0.588. The molecule has 0 atom stereocenters. The number of carbonyl (C=O) groups is 1. The molecule has 0 spiro atoms. The van der Waals surface area contributed by atoms with Gasteiger partial charge in [-0.2, -0.15) is 0 Å². The smallest absolute Gasteiger partial charge is 0.220 e. The first kappa shape index (κ1) is 16.6. The first-order valence-electron chi connectivity index (χ1n) is 8.02. The lowest BCUT2D eigenvalue weighted by molar-refractivity contribution is -0.121. The van der Waals surface area contributed by atoms with E-state index in [0.717, 1.165) is 5.56 Å². The highest BCUT2D eigenvalue weighted by Crippen LogP contribution is 2.27. The maximum atomic E-state index is 11.8. The fourth-order valence-electron chi connectivity index (χ4n) is 2.92. The molecule has 1 aliphatic carbocycles. The van der Waals surface area contributed by atoms with Gasteiger partial charge in [-0.15, -0.1) is 0 Å². The first-order chi connectivity index (χ1) is 10.7. The molecule has 22 heavy (non-hydrogen) atoms. The molecule has 0 bridgehead atoms. The van der Waals surface area contributed by atoms with Crippen molar-refractivity contribution in [3.05, 3.63) is 23.8 Å². The molecule has 5 heteroatoms. The maximum Gasteiger partial charge on any atom is 0.220 e. The molecule has 5 nitrogen and oxygen atoms in total. The molecule has 1 amide bonds. The molecular weight excluding hydrogens is 280 g/mol. The van der Waals surface area contributed by atoms with E-state index in [4.69, 9.17) is 4.74 Å². The molecule has 0 heterocycles. The van der Waals surface area contributed by atoms with Gasteiger partial charge in [-0.1, -0.05) is 18.9 Å². The van der Waals surface area contributed by atoms with Crippen LogP contribution in [0.3, 0.4) is 0 Å². The molecule has 1 saturated carbocycles. The van der Waals surface area contributed by atoms with Crippen LogP contribution in [0, 0.1) is 5.92 Å². The molecule has 2 rings (SSSR count). The van der Waals surface area contributed by atoms with Gasteiger partial charge in [0.15, 0.2) is 11.5 Å². The van der Waals surface area contributed by atoms with Crippen molar-refractivity contribution in [2.45, 2.75) is 38.6 Å². The highest BCUT2D eigenvalue weighted by atomic mass is 16.5. The average Bonchev–Trinajstić information content (AvgIpc) is 3.00. The predicted molar refractivity (Wildman–Crippen MR) is 86.0 cm³/mol. The van der Waals surface area contributed by atoms with Gasteiger partial charge in [0.2, 0.25) is 5.91 Å². The summed E-state index contributed by atoms with van der Waals surface area (Å²) in [5, 5.41) is 15.9. The first-order valence-corrected chi connectivity index (χ1v) is 8.02. The second-order valence-corrected chi connectivity index (χ2v) is 5.89. The Balaban J connectivity index is 1.58. The Labute approximate surface area is 132 Å². The summed E-state index contributed by atoms with van der Waals surface area (Å²) < 4.78 is 5.01. The minimum Gasteiger partial charge on any atom is -0.504 e. The molecule has 1 aromatic carbocycles. The lowest BCUT2D eigenvalue weighted by atomic mass is 10.0. The van der Waals surface area contributed by atoms with E-state index < -0.39 is 0 Å². The number of amides is 1. The van der Waals surface area contributed by atoms with Crippen LogP contribution in [0.5, 0.6) is 11.5 Å². The van der Waals surface area contributed by atoms with Crippen molar-refractivity contribution >= 4 is 5.91 Å². The Morgan fingerprint density at radius 3 is 2.77 bits per heavy atom. The van der Waals surface area contributed by atoms with Gasteiger partial charge >= 0.3 is 0 Å². The monoisotopic (exact) mass is 306 g/mol. The fourth-order valence-corrected chi connectivity index (χ4v) is 2.92. The van der Waals surface area contributed by atoms with E-state index in [-0.39, 0.29) is 11.7 Å². The number of methoxy groups -OCH3 is 1. The number of ether oxygens (including phenoxy) is 1. The Kier molecular flexibility index (Phi) is 6.52. The summed E-state index contributed by atoms with van der Waals surface area (Å²) in [5.41, 5.74) is 0.982. The van der Waals surface area contributed by atoms with Gasteiger partial charge < -0.3 is 20.5 Å². The van der Waals surface area contributed by atoms with E-state index in [1.165, 1.54) is 32.8 Å².